The third-order valence-corrected chi connectivity index (χ3v) is 2.62. The average Bonchev–Trinajstić information content (AvgIpc) is 2.29. The molecule has 0 saturated heterocycles. The van der Waals surface area contributed by atoms with E-state index in [9.17, 15) is 10.1 Å². The van der Waals surface area contributed by atoms with Gasteiger partial charge < -0.3 is 9.47 Å². The molecule has 1 aromatic rings. The highest BCUT2D eigenvalue weighted by Crippen LogP contribution is 2.29. The predicted octanol–water partition coefficient (Wildman–Crippen LogP) is 2.82. The minimum absolute atomic E-state index is 0.350. The van der Waals surface area contributed by atoms with E-state index in [2.05, 4.69) is 0 Å². The lowest BCUT2D eigenvalue weighted by atomic mass is 9.91. The number of nitrogens with zero attached hydrogens (tertiary/aromatic N) is 1. The molecule has 0 N–H and O–H groups in total. The van der Waals surface area contributed by atoms with E-state index in [0.717, 1.165) is 0 Å². The minimum atomic E-state index is -1.57. The van der Waals surface area contributed by atoms with Crippen LogP contribution >= 0.6 is 0 Å². The maximum absolute atomic E-state index is 11.7. The van der Waals surface area contributed by atoms with Gasteiger partial charge in [0.1, 0.15) is 17.4 Å². The van der Waals surface area contributed by atoms with Gasteiger partial charge in [0.25, 0.3) is 0 Å². The Morgan fingerprint density at radius 1 is 1.32 bits per heavy atom. The van der Waals surface area contributed by atoms with E-state index in [-0.39, 0.29) is 11.4 Å². The summed E-state index contributed by atoms with van der Waals surface area (Å²) < 4.78 is 10.9. The number of ether oxygens (including phenoxy) is 2. The Kier molecular flexibility index (Phi) is 4.33. The summed E-state index contributed by atoms with van der Waals surface area (Å²) in [6.07, 6.45) is 0. The first-order chi connectivity index (χ1) is 8.75. The van der Waals surface area contributed by atoms with Gasteiger partial charge in [0, 0.05) is 12.7 Å². The number of ketones is 1. The Morgan fingerprint density at radius 2 is 1.95 bits per heavy atom. The molecule has 19 heavy (non-hydrogen) atoms. The smallest absolute Gasteiger partial charge is 0.238 e. The summed E-state index contributed by atoms with van der Waals surface area (Å²) in [6, 6.07) is 8.82. The zero-order valence-corrected chi connectivity index (χ0v) is 12.0. The molecule has 102 valence electrons. The molecule has 0 aliphatic heterocycles. The lowest BCUT2D eigenvalue weighted by molar-refractivity contribution is -0.133. The highest BCUT2D eigenvalue weighted by Gasteiger charge is 2.38. The van der Waals surface area contributed by atoms with Crippen LogP contribution in [0.1, 0.15) is 33.3 Å². The average molecular weight is 261 g/mol. The van der Waals surface area contributed by atoms with Crippen LogP contribution in [0.4, 0.5) is 0 Å². The highest BCUT2D eigenvalue weighted by atomic mass is 16.5. The van der Waals surface area contributed by atoms with Gasteiger partial charge in [-0.05, 0) is 39.8 Å². The van der Waals surface area contributed by atoms with Crippen LogP contribution < -0.4 is 4.74 Å². The zero-order chi connectivity index (χ0) is 14.7. The van der Waals surface area contributed by atoms with Crippen LogP contribution in [0, 0.1) is 11.3 Å². The molecule has 0 bridgehead atoms. The number of Topliss-reactive ketones (excluding diaryl/α,β-unsaturated/α-hetero) is 1. The third kappa shape index (κ3) is 3.33. The normalized spacial score (nSPS) is 14.3. The SMILES string of the molecule is COC(C#N)(C(C)=O)c1cccc(OC(C)(C)C)c1. The van der Waals surface area contributed by atoms with Gasteiger partial charge >= 0.3 is 0 Å². The summed E-state index contributed by atoms with van der Waals surface area (Å²) in [5.74, 6) is 0.244. The van der Waals surface area contributed by atoms with Gasteiger partial charge in [-0.2, -0.15) is 5.26 Å². The first kappa shape index (κ1) is 15.2. The molecule has 1 aromatic carbocycles. The highest BCUT2D eigenvalue weighted by molar-refractivity contribution is 5.89. The lowest BCUT2D eigenvalue weighted by Gasteiger charge is -2.25. The summed E-state index contributed by atoms with van der Waals surface area (Å²) >= 11 is 0. The maximum atomic E-state index is 11.7. The fraction of sp³-hybridized carbons (Fsp3) is 0.467. The predicted molar refractivity (Wildman–Crippen MR) is 71.8 cm³/mol. The molecule has 0 heterocycles. The second-order valence-corrected chi connectivity index (χ2v) is 5.30. The molecular weight excluding hydrogens is 242 g/mol. The molecule has 0 aromatic heterocycles. The van der Waals surface area contributed by atoms with E-state index in [0.29, 0.717) is 11.3 Å². The number of benzene rings is 1. The van der Waals surface area contributed by atoms with Gasteiger partial charge in [-0.1, -0.05) is 12.1 Å². The maximum Gasteiger partial charge on any atom is 0.238 e. The fourth-order valence-corrected chi connectivity index (χ4v) is 1.79. The Labute approximate surface area is 113 Å². The van der Waals surface area contributed by atoms with E-state index >= 15 is 0 Å². The van der Waals surface area contributed by atoms with Crippen molar-refractivity contribution in [3.63, 3.8) is 0 Å². The number of rotatable bonds is 4. The van der Waals surface area contributed by atoms with Crippen molar-refractivity contribution in [2.75, 3.05) is 7.11 Å². The number of carbonyl (C=O) groups is 1. The number of nitriles is 1. The lowest BCUT2D eigenvalue weighted by Crippen LogP contribution is -2.34. The van der Waals surface area contributed by atoms with Crippen molar-refractivity contribution in [1.29, 1.82) is 5.26 Å². The Bertz CT molecular complexity index is 511. The number of methoxy groups -OCH3 is 1. The van der Waals surface area contributed by atoms with Crippen LogP contribution in [0.5, 0.6) is 5.75 Å². The second-order valence-electron chi connectivity index (χ2n) is 5.30. The van der Waals surface area contributed by atoms with E-state index in [4.69, 9.17) is 9.47 Å². The molecular formula is C15H19NO3. The van der Waals surface area contributed by atoms with Crippen molar-refractivity contribution in [3.05, 3.63) is 29.8 Å². The van der Waals surface area contributed by atoms with Crippen molar-refractivity contribution in [2.24, 2.45) is 0 Å². The fourth-order valence-electron chi connectivity index (χ4n) is 1.79. The molecule has 0 radical (unpaired) electrons. The largest absolute Gasteiger partial charge is 0.488 e. The van der Waals surface area contributed by atoms with Gasteiger partial charge in [-0.25, -0.2) is 0 Å². The molecule has 0 saturated carbocycles. The summed E-state index contributed by atoms with van der Waals surface area (Å²) in [6.45, 7) is 7.12. The molecule has 0 amide bonds. The second kappa shape index (κ2) is 5.41. The molecule has 4 nitrogen and oxygen atoms in total. The molecule has 1 rings (SSSR count). The van der Waals surface area contributed by atoms with Crippen molar-refractivity contribution in [1.82, 2.24) is 0 Å². The quantitative estimate of drug-likeness (QED) is 0.836. The molecule has 0 aliphatic carbocycles. The van der Waals surface area contributed by atoms with Crippen LogP contribution in [0.25, 0.3) is 0 Å². The van der Waals surface area contributed by atoms with E-state index in [1.54, 1.807) is 24.3 Å². The summed E-state index contributed by atoms with van der Waals surface area (Å²) in [4.78, 5) is 11.7. The van der Waals surface area contributed by atoms with E-state index < -0.39 is 5.60 Å². The molecule has 0 aliphatic rings. The van der Waals surface area contributed by atoms with Gasteiger partial charge in [0.2, 0.25) is 5.60 Å². The van der Waals surface area contributed by atoms with Crippen LogP contribution in [0.2, 0.25) is 0 Å². The van der Waals surface area contributed by atoms with Crippen LogP contribution in [0.3, 0.4) is 0 Å². The monoisotopic (exact) mass is 261 g/mol. The molecule has 1 unspecified atom stereocenters. The van der Waals surface area contributed by atoms with Crippen molar-refractivity contribution >= 4 is 5.78 Å². The summed E-state index contributed by atoms with van der Waals surface area (Å²) in [5, 5.41) is 9.29. The van der Waals surface area contributed by atoms with Crippen molar-refractivity contribution < 1.29 is 14.3 Å². The van der Waals surface area contributed by atoms with Crippen molar-refractivity contribution in [3.8, 4) is 11.8 Å². The van der Waals surface area contributed by atoms with Crippen LogP contribution in [0.15, 0.2) is 24.3 Å². The van der Waals surface area contributed by atoms with Gasteiger partial charge in [-0.15, -0.1) is 0 Å². The van der Waals surface area contributed by atoms with Gasteiger partial charge in [0.15, 0.2) is 5.78 Å². The Morgan fingerprint density at radius 3 is 2.37 bits per heavy atom. The minimum Gasteiger partial charge on any atom is -0.488 e. The standard InChI is InChI=1S/C15H19NO3/c1-11(17)15(10-16,18-5)12-7-6-8-13(9-12)19-14(2,3)4/h6-9H,1-5H3. The first-order valence-corrected chi connectivity index (χ1v) is 6.02. The molecule has 4 heteroatoms. The summed E-state index contributed by atoms with van der Waals surface area (Å²) in [7, 11) is 1.35. The molecule has 0 spiro atoms. The van der Waals surface area contributed by atoms with E-state index in [1.807, 2.05) is 26.8 Å². The van der Waals surface area contributed by atoms with Crippen LogP contribution in [-0.2, 0) is 15.1 Å². The Hall–Kier alpha value is -1.86. The zero-order valence-electron chi connectivity index (χ0n) is 12.0. The molecule has 1 atom stereocenters. The van der Waals surface area contributed by atoms with Crippen molar-refractivity contribution in [2.45, 2.75) is 38.9 Å². The van der Waals surface area contributed by atoms with Crippen LogP contribution in [-0.4, -0.2) is 18.5 Å². The van der Waals surface area contributed by atoms with Gasteiger partial charge in [0.05, 0.1) is 0 Å². The summed E-state index contributed by atoms with van der Waals surface area (Å²) in [5.41, 5.74) is -1.44. The number of carbonyl (C=O) groups excluding carboxylic acids is 1. The first-order valence-electron chi connectivity index (χ1n) is 6.02. The molecule has 0 fully saturated rings. The number of hydrogen-bond acceptors (Lipinski definition) is 4. The topological polar surface area (TPSA) is 59.3 Å². The third-order valence-electron chi connectivity index (χ3n) is 2.62. The van der Waals surface area contributed by atoms with E-state index in [1.165, 1.54) is 14.0 Å². The Balaban J connectivity index is 3.25. The number of hydrogen-bond donors (Lipinski definition) is 0. The van der Waals surface area contributed by atoms with Gasteiger partial charge in [-0.3, -0.25) is 4.79 Å².